The fourth-order valence-electron chi connectivity index (χ4n) is 2.68. The van der Waals surface area contributed by atoms with E-state index in [4.69, 9.17) is 9.84 Å². The molecule has 3 heterocycles. The van der Waals surface area contributed by atoms with Gasteiger partial charge in [0, 0.05) is 38.2 Å². The van der Waals surface area contributed by atoms with E-state index in [1.165, 1.54) is 12.3 Å². The molecule has 1 fully saturated rings. The summed E-state index contributed by atoms with van der Waals surface area (Å²) >= 11 is 0. The molecule has 116 valence electrons. The second-order valence-corrected chi connectivity index (χ2v) is 5.64. The Morgan fingerprint density at radius 2 is 2.23 bits per heavy atom. The van der Waals surface area contributed by atoms with Crippen molar-refractivity contribution < 1.29 is 19.4 Å². The summed E-state index contributed by atoms with van der Waals surface area (Å²) in [7, 11) is 2.01. The van der Waals surface area contributed by atoms with Crippen molar-refractivity contribution in [2.24, 2.45) is 0 Å². The van der Waals surface area contributed by atoms with Crippen LogP contribution in [-0.4, -0.2) is 52.6 Å². The number of ether oxygens (including phenoxy) is 1. The third-order valence-electron chi connectivity index (χ3n) is 4.04. The van der Waals surface area contributed by atoms with Gasteiger partial charge in [0.15, 0.2) is 17.2 Å². The van der Waals surface area contributed by atoms with Crippen molar-refractivity contribution in [1.29, 1.82) is 0 Å². The van der Waals surface area contributed by atoms with Gasteiger partial charge >= 0.3 is 5.97 Å². The van der Waals surface area contributed by atoms with Gasteiger partial charge in [-0.05, 0) is 24.8 Å². The summed E-state index contributed by atoms with van der Waals surface area (Å²) in [5.74, 6) is -0.327. The van der Waals surface area contributed by atoms with Gasteiger partial charge in [-0.25, -0.2) is 9.78 Å². The van der Waals surface area contributed by atoms with Crippen LogP contribution in [0.4, 0.5) is 5.82 Å². The standard InChI is InChI=1S/C15H17N3O4/c1-18-6-4-15(5-7-18)14(21)17-13-11(22-15)8-10(9-16-13)2-3-12(19)20/h2-3,8-9H,4-7H2,1H3,(H,19,20)(H,16,17,21). The summed E-state index contributed by atoms with van der Waals surface area (Å²) in [4.78, 5) is 29.2. The molecule has 1 saturated heterocycles. The zero-order valence-corrected chi connectivity index (χ0v) is 12.2. The number of nitrogens with one attached hydrogen (secondary N) is 1. The quantitative estimate of drug-likeness (QED) is 0.791. The molecule has 0 aromatic carbocycles. The van der Waals surface area contributed by atoms with Crippen LogP contribution in [0.1, 0.15) is 18.4 Å². The number of pyridine rings is 1. The van der Waals surface area contributed by atoms with E-state index in [1.54, 1.807) is 6.07 Å². The van der Waals surface area contributed by atoms with Crippen molar-refractivity contribution in [2.75, 3.05) is 25.5 Å². The number of aromatic nitrogens is 1. The monoisotopic (exact) mass is 303 g/mol. The number of carboxylic acids is 1. The number of rotatable bonds is 2. The Morgan fingerprint density at radius 3 is 2.91 bits per heavy atom. The number of likely N-dealkylation sites (tertiary alicyclic amines) is 1. The lowest BCUT2D eigenvalue weighted by atomic mass is 9.89. The highest BCUT2D eigenvalue weighted by Crippen LogP contribution is 2.37. The first-order valence-corrected chi connectivity index (χ1v) is 7.09. The number of fused-ring (bicyclic) bond motifs is 1. The third kappa shape index (κ3) is 2.67. The normalized spacial score (nSPS) is 20.5. The lowest BCUT2D eigenvalue weighted by molar-refractivity contribution is -0.136. The van der Waals surface area contributed by atoms with Crippen molar-refractivity contribution in [3.05, 3.63) is 23.9 Å². The Labute approximate surface area is 127 Å². The van der Waals surface area contributed by atoms with E-state index < -0.39 is 11.6 Å². The van der Waals surface area contributed by atoms with Crippen molar-refractivity contribution in [3.63, 3.8) is 0 Å². The molecule has 0 unspecified atom stereocenters. The van der Waals surface area contributed by atoms with Crippen LogP contribution < -0.4 is 10.1 Å². The number of carbonyl (C=O) groups excluding carboxylic acids is 1. The second kappa shape index (κ2) is 5.42. The number of piperidine rings is 1. The van der Waals surface area contributed by atoms with Crippen LogP contribution >= 0.6 is 0 Å². The molecular formula is C15H17N3O4. The lowest BCUT2D eigenvalue weighted by Crippen LogP contribution is -2.56. The number of carbonyl (C=O) groups is 2. The molecule has 0 radical (unpaired) electrons. The van der Waals surface area contributed by atoms with Crippen LogP contribution in [0.2, 0.25) is 0 Å². The summed E-state index contributed by atoms with van der Waals surface area (Å²) in [5, 5.41) is 11.5. The molecular weight excluding hydrogens is 286 g/mol. The maximum atomic E-state index is 12.4. The lowest BCUT2D eigenvalue weighted by Gasteiger charge is -2.41. The SMILES string of the molecule is CN1CCC2(CC1)Oc1cc(C=CC(=O)O)cnc1NC2=O. The highest BCUT2D eigenvalue weighted by atomic mass is 16.5. The van der Waals surface area contributed by atoms with Crippen molar-refractivity contribution in [3.8, 4) is 5.75 Å². The molecule has 1 spiro atoms. The van der Waals surface area contributed by atoms with Gasteiger partial charge in [0.1, 0.15) is 0 Å². The minimum Gasteiger partial charge on any atom is -0.478 e. The summed E-state index contributed by atoms with van der Waals surface area (Å²) in [5.41, 5.74) is -0.239. The molecule has 1 amide bonds. The van der Waals surface area contributed by atoms with Crippen LogP contribution in [0.25, 0.3) is 6.08 Å². The molecule has 1 aromatic rings. The Bertz CT molecular complexity index is 648. The molecule has 0 saturated carbocycles. The third-order valence-corrected chi connectivity index (χ3v) is 4.04. The molecule has 7 heteroatoms. The first kappa shape index (κ1) is 14.5. The smallest absolute Gasteiger partial charge is 0.328 e. The zero-order chi connectivity index (χ0) is 15.7. The molecule has 2 aliphatic rings. The predicted molar refractivity (Wildman–Crippen MR) is 79.6 cm³/mol. The largest absolute Gasteiger partial charge is 0.478 e. The molecule has 22 heavy (non-hydrogen) atoms. The molecule has 0 atom stereocenters. The summed E-state index contributed by atoms with van der Waals surface area (Å²) in [6.07, 6.45) is 5.20. The second-order valence-electron chi connectivity index (χ2n) is 5.64. The average molecular weight is 303 g/mol. The topological polar surface area (TPSA) is 91.8 Å². The summed E-state index contributed by atoms with van der Waals surface area (Å²) in [6.45, 7) is 1.57. The predicted octanol–water partition coefficient (Wildman–Crippen LogP) is 0.975. The molecule has 0 aliphatic carbocycles. The fourth-order valence-corrected chi connectivity index (χ4v) is 2.68. The van der Waals surface area contributed by atoms with Gasteiger partial charge in [-0.1, -0.05) is 0 Å². The fraction of sp³-hybridized carbons (Fsp3) is 0.400. The van der Waals surface area contributed by atoms with Gasteiger partial charge in [-0.15, -0.1) is 0 Å². The minimum atomic E-state index is -1.03. The van der Waals surface area contributed by atoms with Gasteiger partial charge in [-0.3, -0.25) is 4.79 Å². The van der Waals surface area contributed by atoms with E-state index in [1.807, 2.05) is 7.05 Å². The van der Waals surface area contributed by atoms with Crippen molar-refractivity contribution in [2.45, 2.75) is 18.4 Å². The highest BCUT2D eigenvalue weighted by Gasteiger charge is 2.46. The Kier molecular flexibility index (Phi) is 3.58. The van der Waals surface area contributed by atoms with Crippen LogP contribution in [0.15, 0.2) is 18.3 Å². The van der Waals surface area contributed by atoms with Gasteiger partial charge < -0.3 is 20.1 Å². The van der Waals surface area contributed by atoms with E-state index in [2.05, 4.69) is 15.2 Å². The van der Waals surface area contributed by atoms with Crippen LogP contribution in [0.5, 0.6) is 5.75 Å². The van der Waals surface area contributed by atoms with Crippen LogP contribution in [0, 0.1) is 0 Å². The zero-order valence-electron chi connectivity index (χ0n) is 12.2. The maximum absolute atomic E-state index is 12.4. The Balaban J connectivity index is 1.88. The molecule has 2 aliphatic heterocycles. The van der Waals surface area contributed by atoms with Gasteiger partial charge in [0.05, 0.1) is 0 Å². The average Bonchev–Trinajstić information content (AvgIpc) is 2.49. The van der Waals surface area contributed by atoms with E-state index in [-0.39, 0.29) is 5.91 Å². The van der Waals surface area contributed by atoms with E-state index in [0.29, 0.717) is 30.0 Å². The number of nitrogens with zero attached hydrogens (tertiary/aromatic N) is 2. The number of carboxylic acid groups (broad SMARTS) is 1. The van der Waals surface area contributed by atoms with E-state index >= 15 is 0 Å². The number of anilines is 1. The number of hydrogen-bond donors (Lipinski definition) is 2. The summed E-state index contributed by atoms with van der Waals surface area (Å²) < 4.78 is 5.99. The van der Waals surface area contributed by atoms with Gasteiger partial charge in [0.25, 0.3) is 5.91 Å². The first-order valence-electron chi connectivity index (χ1n) is 7.09. The van der Waals surface area contributed by atoms with E-state index in [0.717, 1.165) is 19.2 Å². The summed E-state index contributed by atoms with van der Waals surface area (Å²) in [6, 6.07) is 1.70. The van der Waals surface area contributed by atoms with Crippen molar-refractivity contribution in [1.82, 2.24) is 9.88 Å². The number of hydrogen-bond acceptors (Lipinski definition) is 5. The number of amides is 1. The van der Waals surface area contributed by atoms with Crippen LogP contribution in [-0.2, 0) is 9.59 Å². The Morgan fingerprint density at radius 1 is 1.50 bits per heavy atom. The van der Waals surface area contributed by atoms with Crippen molar-refractivity contribution >= 4 is 23.8 Å². The van der Waals surface area contributed by atoms with E-state index in [9.17, 15) is 9.59 Å². The highest BCUT2D eigenvalue weighted by molar-refractivity contribution is 6.00. The minimum absolute atomic E-state index is 0.158. The van der Waals surface area contributed by atoms with Gasteiger partial charge in [-0.2, -0.15) is 0 Å². The van der Waals surface area contributed by atoms with Crippen LogP contribution in [0.3, 0.4) is 0 Å². The molecule has 0 bridgehead atoms. The Hall–Kier alpha value is -2.41. The molecule has 2 N–H and O–H groups in total. The molecule has 7 nitrogen and oxygen atoms in total. The maximum Gasteiger partial charge on any atom is 0.328 e. The number of aliphatic carboxylic acids is 1. The molecule has 3 rings (SSSR count). The first-order chi connectivity index (χ1) is 10.5. The van der Waals surface area contributed by atoms with Gasteiger partial charge in [0.2, 0.25) is 0 Å². The molecule has 1 aromatic heterocycles.